The molecule has 29 heavy (non-hydrogen) atoms. The van der Waals surface area contributed by atoms with Crippen LogP contribution in [0.1, 0.15) is 37.8 Å². The Balaban J connectivity index is 1.79. The Morgan fingerprint density at radius 3 is 2.66 bits per heavy atom. The highest BCUT2D eigenvalue weighted by molar-refractivity contribution is 6.15. The molecule has 1 aromatic carbocycles. The Kier molecular flexibility index (Phi) is 4.99. The predicted molar refractivity (Wildman–Crippen MR) is 108 cm³/mol. The Hall–Kier alpha value is -2.25. The van der Waals surface area contributed by atoms with Gasteiger partial charge in [-0.3, -0.25) is 24.6 Å². The third-order valence-electron chi connectivity index (χ3n) is 6.42. The van der Waals surface area contributed by atoms with Gasteiger partial charge in [-0.05, 0) is 31.7 Å². The minimum absolute atomic E-state index is 0.167. The molecule has 0 saturated carbocycles. The fourth-order valence-corrected chi connectivity index (χ4v) is 5.27. The van der Waals surface area contributed by atoms with E-state index >= 15 is 0 Å². The molecule has 3 aliphatic rings. The lowest BCUT2D eigenvalue weighted by Gasteiger charge is -2.30. The molecule has 1 spiro atoms. The molecule has 1 aromatic rings. The van der Waals surface area contributed by atoms with Gasteiger partial charge in [-0.1, -0.05) is 31.5 Å². The van der Waals surface area contributed by atoms with Gasteiger partial charge in [-0.15, -0.1) is 0 Å². The van der Waals surface area contributed by atoms with Crippen molar-refractivity contribution in [2.24, 2.45) is 17.8 Å². The van der Waals surface area contributed by atoms with Crippen molar-refractivity contribution in [3.05, 3.63) is 29.3 Å². The molecule has 3 aliphatic heterocycles. The molecule has 4 atom stereocenters. The number of fused-ring (bicyclic) bond motifs is 4. The van der Waals surface area contributed by atoms with Crippen molar-refractivity contribution in [1.82, 2.24) is 10.2 Å². The fourth-order valence-electron chi connectivity index (χ4n) is 5.27. The van der Waals surface area contributed by atoms with Crippen molar-refractivity contribution < 1.29 is 19.1 Å². The highest BCUT2D eigenvalue weighted by atomic mass is 16.5. The van der Waals surface area contributed by atoms with Gasteiger partial charge >= 0.3 is 0 Å². The van der Waals surface area contributed by atoms with E-state index in [4.69, 9.17) is 4.74 Å². The molecule has 0 radical (unpaired) electrons. The normalized spacial score (nSPS) is 30.4. The van der Waals surface area contributed by atoms with Crippen LogP contribution < -0.4 is 10.6 Å². The number of anilines is 1. The van der Waals surface area contributed by atoms with Crippen molar-refractivity contribution >= 4 is 23.4 Å². The van der Waals surface area contributed by atoms with Gasteiger partial charge in [0, 0.05) is 37.6 Å². The zero-order valence-electron chi connectivity index (χ0n) is 17.5. The first-order valence-electron chi connectivity index (χ1n) is 10.4. The number of hydrogen-bond acceptors (Lipinski definition) is 5. The van der Waals surface area contributed by atoms with Gasteiger partial charge in [0.25, 0.3) is 0 Å². The van der Waals surface area contributed by atoms with Gasteiger partial charge in [0.15, 0.2) is 0 Å². The van der Waals surface area contributed by atoms with Crippen LogP contribution in [0.5, 0.6) is 0 Å². The largest absolute Gasteiger partial charge is 0.385 e. The number of aryl methyl sites for hydroxylation is 1. The predicted octanol–water partition coefficient (Wildman–Crippen LogP) is 1.80. The van der Waals surface area contributed by atoms with E-state index in [-0.39, 0.29) is 23.8 Å². The number of nitrogens with one attached hydrogen (secondary N) is 2. The third kappa shape index (κ3) is 2.90. The highest BCUT2D eigenvalue weighted by Gasteiger charge is 2.70. The summed E-state index contributed by atoms with van der Waals surface area (Å²) in [4.78, 5) is 41.4. The van der Waals surface area contributed by atoms with Gasteiger partial charge in [0.1, 0.15) is 5.54 Å². The summed E-state index contributed by atoms with van der Waals surface area (Å²) >= 11 is 0. The summed E-state index contributed by atoms with van der Waals surface area (Å²) in [5, 5.41) is 6.42. The van der Waals surface area contributed by atoms with Crippen molar-refractivity contribution in [1.29, 1.82) is 0 Å². The average molecular weight is 399 g/mol. The van der Waals surface area contributed by atoms with Gasteiger partial charge in [0.05, 0.1) is 11.8 Å². The summed E-state index contributed by atoms with van der Waals surface area (Å²) in [7, 11) is 1.60. The van der Waals surface area contributed by atoms with Crippen LogP contribution in [0, 0.1) is 24.7 Å². The molecule has 3 amide bonds. The zero-order valence-corrected chi connectivity index (χ0v) is 17.5. The van der Waals surface area contributed by atoms with Crippen LogP contribution in [-0.2, 0) is 24.7 Å². The minimum atomic E-state index is -1.19. The number of imide groups is 1. The number of amides is 3. The number of carbonyl (C=O) groups is 3. The first kappa shape index (κ1) is 20.0. The molecule has 0 bridgehead atoms. The monoisotopic (exact) mass is 399 g/mol. The second kappa shape index (κ2) is 7.22. The lowest BCUT2D eigenvalue weighted by atomic mass is 9.76. The van der Waals surface area contributed by atoms with E-state index in [1.54, 1.807) is 7.11 Å². The molecule has 7 heteroatoms. The number of carbonyl (C=O) groups excluding carboxylic acids is 3. The number of ether oxygens (including phenoxy) is 1. The standard InChI is InChI=1S/C22H29N3O4/c1-12(2)10-16-17-18(20(27)25(19(17)26)8-5-9-29-4)22(24-16)14-11-13(3)6-7-15(14)23-21(22)28/h6-7,11-12,16-18,24H,5,8-10H2,1-4H3,(H,23,28). The molecule has 3 heterocycles. The Morgan fingerprint density at radius 1 is 1.21 bits per heavy atom. The smallest absolute Gasteiger partial charge is 0.250 e. The molecule has 7 nitrogen and oxygen atoms in total. The quantitative estimate of drug-likeness (QED) is 0.563. The van der Waals surface area contributed by atoms with E-state index in [0.717, 1.165) is 23.2 Å². The number of likely N-dealkylation sites (tertiary alicyclic amines) is 1. The maximum Gasteiger partial charge on any atom is 0.250 e. The SMILES string of the molecule is COCCCN1C(=O)C2C(CC(C)C)NC3(C(=O)Nc4ccc(C)cc43)C2C1=O. The van der Waals surface area contributed by atoms with Crippen molar-refractivity contribution in [2.45, 2.75) is 45.2 Å². The number of rotatable bonds is 6. The number of hydrogen-bond donors (Lipinski definition) is 2. The summed E-state index contributed by atoms with van der Waals surface area (Å²) < 4.78 is 5.08. The van der Waals surface area contributed by atoms with Crippen LogP contribution >= 0.6 is 0 Å². The summed E-state index contributed by atoms with van der Waals surface area (Å²) in [6.07, 6.45) is 1.31. The molecule has 2 N–H and O–H groups in total. The van der Waals surface area contributed by atoms with E-state index in [9.17, 15) is 14.4 Å². The van der Waals surface area contributed by atoms with E-state index in [1.165, 1.54) is 4.90 Å². The van der Waals surface area contributed by atoms with Crippen molar-refractivity contribution in [3.63, 3.8) is 0 Å². The summed E-state index contributed by atoms with van der Waals surface area (Å²) in [6.45, 7) is 6.95. The lowest BCUT2D eigenvalue weighted by Crippen LogP contribution is -2.53. The Bertz CT molecular complexity index is 868. The second-order valence-electron chi connectivity index (χ2n) is 8.87. The molecule has 0 aromatic heterocycles. The van der Waals surface area contributed by atoms with Crippen LogP contribution in [0.2, 0.25) is 0 Å². The average Bonchev–Trinajstić information content (AvgIpc) is 3.22. The molecule has 2 fully saturated rings. The molecule has 156 valence electrons. The van der Waals surface area contributed by atoms with Crippen LogP contribution in [0.4, 0.5) is 5.69 Å². The van der Waals surface area contributed by atoms with Crippen molar-refractivity contribution in [2.75, 3.05) is 25.6 Å². The number of methoxy groups -OCH3 is 1. The molecule has 4 unspecified atom stereocenters. The lowest BCUT2D eigenvalue weighted by molar-refractivity contribution is -0.143. The van der Waals surface area contributed by atoms with Crippen LogP contribution in [-0.4, -0.2) is 48.9 Å². The first-order valence-corrected chi connectivity index (χ1v) is 10.4. The van der Waals surface area contributed by atoms with E-state index in [2.05, 4.69) is 24.5 Å². The first-order chi connectivity index (χ1) is 13.8. The van der Waals surface area contributed by atoms with E-state index in [1.807, 2.05) is 25.1 Å². The molecule has 0 aliphatic carbocycles. The fraction of sp³-hybridized carbons (Fsp3) is 0.591. The number of nitrogens with zero attached hydrogens (tertiary/aromatic N) is 1. The number of benzene rings is 1. The van der Waals surface area contributed by atoms with Crippen LogP contribution in [0.25, 0.3) is 0 Å². The highest BCUT2D eigenvalue weighted by Crippen LogP contribution is 2.53. The topological polar surface area (TPSA) is 87.7 Å². The maximum absolute atomic E-state index is 13.5. The van der Waals surface area contributed by atoms with Gasteiger partial charge in [0.2, 0.25) is 17.7 Å². The van der Waals surface area contributed by atoms with Gasteiger partial charge < -0.3 is 10.1 Å². The van der Waals surface area contributed by atoms with Gasteiger partial charge in [-0.25, -0.2) is 0 Å². The molecule has 4 rings (SSSR count). The summed E-state index contributed by atoms with van der Waals surface area (Å²) in [5.41, 5.74) is 1.33. The van der Waals surface area contributed by atoms with E-state index in [0.29, 0.717) is 25.5 Å². The summed E-state index contributed by atoms with van der Waals surface area (Å²) in [5.74, 6) is -1.57. The molecule has 2 saturated heterocycles. The Labute approximate surface area is 171 Å². The molecular weight excluding hydrogens is 370 g/mol. The second-order valence-corrected chi connectivity index (χ2v) is 8.87. The van der Waals surface area contributed by atoms with Gasteiger partial charge in [-0.2, -0.15) is 0 Å². The van der Waals surface area contributed by atoms with Crippen molar-refractivity contribution in [3.8, 4) is 0 Å². The van der Waals surface area contributed by atoms with Crippen LogP contribution in [0.3, 0.4) is 0 Å². The minimum Gasteiger partial charge on any atom is -0.385 e. The maximum atomic E-state index is 13.5. The zero-order chi connectivity index (χ0) is 20.9. The van der Waals surface area contributed by atoms with Crippen LogP contribution in [0.15, 0.2) is 18.2 Å². The third-order valence-corrected chi connectivity index (χ3v) is 6.42. The summed E-state index contributed by atoms with van der Waals surface area (Å²) in [6, 6.07) is 5.55. The molecular formula is C22H29N3O4. The Morgan fingerprint density at radius 2 is 1.97 bits per heavy atom. The van der Waals surface area contributed by atoms with E-state index < -0.39 is 17.4 Å².